The van der Waals surface area contributed by atoms with Crippen molar-refractivity contribution in [2.24, 2.45) is 0 Å². The Balaban J connectivity index is 2.41. The van der Waals surface area contributed by atoms with Gasteiger partial charge in [-0.3, -0.25) is 4.79 Å². The maximum Gasteiger partial charge on any atom is 0.341 e. The van der Waals surface area contributed by atoms with Crippen molar-refractivity contribution in [3.05, 3.63) is 16.0 Å². The van der Waals surface area contributed by atoms with E-state index in [-0.39, 0.29) is 11.9 Å². The Morgan fingerprint density at radius 1 is 1.26 bits per heavy atom. The summed E-state index contributed by atoms with van der Waals surface area (Å²) in [7, 11) is 1.38. The van der Waals surface area contributed by atoms with Gasteiger partial charge in [-0.15, -0.1) is 11.3 Å². The third-order valence-corrected chi connectivity index (χ3v) is 4.59. The molecule has 0 saturated carbocycles. The molecule has 0 radical (unpaired) electrons. The quantitative estimate of drug-likeness (QED) is 0.684. The van der Waals surface area contributed by atoms with E-state index in [0.717, 1.165) is 31.2 Å². The van der Waals surface area contributed by atoms with Crippen molar-refractivity contribution < 1.29 is 14.3 Å². The molecule has 1 aromatic heterocycles. The van der Waals surface area contributed by atoms with Gasteiger partial charge in [-0.25, -0.2) is 4.79 Å². The summed E-state index contributed by atoms with van der Waals surface area (Å²) in [6.07, 6.45) is 5.73. The van der Waals surface area contributed by atoms with Gasteiger partial charge >= 0.3 is 5.97 Å². The number of methoxy groups -OCH3 is 1. The highest BCUT2D eigenvalue weighted by molar-refractivity contribution is 7.17. The van der Waals surface area contributed by atoms with Crippen LogP contribution in [0.25, 0.3) is 0 Å². The number of fused-ring (bicyclic) bond motifs is 1. The van der Waals surface area contributed by atoms with Crippen LogP contribution in [-0.4, -0.2) is 19.0 Å². The number of thiophene rings is 1. The average molecular weight is 281 g/mol. The van der Waals surface area contributed by atoms with Crippen LogP contribution in [0.5, 0.6) is 0 Å². The van der Waals surface area contributed by atoms with Crippen LogP contribution >= 0.6 is 11.3 Å². The van der Waals surface area contributed by atoms with Gasteiger partial charge in [0.05, 0.1) is 12.7 Å². The van der Waals surface area contributed by atoms with Crippen LogP contribution in [0.4, 0.5) is 5.00 Å². The summed E-state index contributed by atoms with van der Waals surface area (Å²) in [4.78, 5) is 24.8. The molecule has 1 aliphatic rings. The smallest absolute Gasteiger partial charge is 0.341 e. The third-order valence-electron chi connectivity index (χ3n) is 3.38. The van der Waals surface area contributed by atoms with Gasteiger partial charge in [-0.05, 0) is 31.2 Å². The number of ether oxygens (including phenoxy) is 1. The maximum absolute atomic E-state index is 12.0. The van der Waals surface area contributed by atoms with Crippen molar-refractivity contribution in [3.8, 4) is 0 Å². The molecular formula is C14H19NO3S. The van der Waals surface area contributed by atoms with Crippen LogP contribution in [0.3, 0.4) is 0 Å². The Labute approximate surface area is 117 Å². The summed E-state index contributed by atoms with van der Waals surface area (Å²) < 4.78 is 4.87. The zero-order valence-corrected chi connectivity index (χ0v) is 12.2. The highest BCUT2D eigenvalue weighted by Gasteiger charge is 2.25. The van der Waals surface area contributed by atoms with E-state index in [9.17, 15) is 9.59 Å². The van der Waals surface area contributed by atoms with E-state index in [0.29, 0.717) is 17.0 Å². The Bertz CT molecular complexity index is 493. The average Bonchev–Trinajstić information content (AvgIpc) is 2.59. The standard InChI is InChI=1S/C14H19NO3S/c1-3-11(16)15-13-12(14(17)18-2)9-7-5-4-6-8-10(9)19-13/h3-8H2,1-2H3,(H,15,16). The molecule has 19 heavy (non-hydrogen) atoms. The molecule has 0 fully saturated rings. The molecule has 1 N–H and O–H groups in total. The zero-order chi connectivity index (χ0) is 13.8. The lowest BCUT2D eigenvalue weighted by atomic mass is 10.1. The normalized spacial score (nSPS) is 14.4. The van der Waals surface area contributed by atoms with Crippen LogP contribution in [0.15, 0.2) is 0 Å². The van der Waals surface area contributed by atoms with Crippen molar-refractivity contribution >= 4 is 28.2 Å². The predicted octanol–water partition coefficient (Wildman–Crippen LogP) is 3.15. The highest BCUT2D eigenvalue weighted by Crippen LogP contribution is 2.37. The van der Waals surface area contributed by atoms with Gasteiger partial charge in [-0.2, -0.15) is 0 Å². The van der Waals surface area contributed by atoms with Crippen LogP contribution in [-0.2, 0) is 22.4 Å². The Hall–Kier alpha value is -1.36. The number of carbonyl (C=O) groups excluding carboxylic acids is 2. The van der Waals surface area contributed by atoms with Gasteiger partial charge in [0.2, 0.25) is 5.91 Å². The molecular weight excluding hydrogens is 262 g/mol. The zero-order valence-electron chi connectivity index (χ0n) is 11.4. The Morgan fingerprint density at radius 3 is 2.68 bits per heavy atom. The van der Waals surface area contributed by atoms with Crippen LogP contribution in [0, 0.1) is 0 Å². The van der Waals surface area contributed by atoms with Crippen LogP contribution < -0.4 is 5.32 Å². The third kappa shape index (κ3) is 2.97. The Morgan fingerprint density at radius 2 is 2.00 bits per heavy atom. The van der Waals surface area contributed by atoms with Gasteiger partial charge in [0.15, 0.2) is 0 Å². The van der Waals surface area contributed by atoms with E-state index < -0.39 is 0 Å². The van der Waals surface area contributed by atoms with Crippen molar-refractivity contribution in [1.29, 1.82) is 0 Å². The lowest BCUT2D eigenvalue weighted by molar-refractivity contribution is -0.115. The van der Waals surface area contributed by atoms with Crippen LogP contribution in [0.1, 0.15) is 53.4 Å². The molecule has 1 aromatic rings. The number of hydrogen-bond donors (Lipinski definition) is 1. The molecule has 4 nitrogen and oxygen atoms in total. The topological polar surface area (TPSA) is 55.4 Å². The number of amides is 1. The summed E-state index contributed by atoms with van der Waals surface area (Å²) >= 11 is 1.53. The number of anilines is 1. The number of aryl methyl sites for hydroxylation is 1. The minimum atomic E-state index is -0.342. The first-order valence-corrected chi connectivity index (χ1v) is 7.51. The maximum atomic E-state index is 12.0. The van der Waals surface area contributed by atoms with E-state index in [2.05, 4.69) is 5.32 Å². The molecule has 2 rings (SSSR count). The predicted molar refractivity (Wildman–Crippen MR) is 75.8 cm³/mol. The molecule has 0 spiro atoms. The van der Waals surface area contributed by atoms with Crippen molar-refractivity contribution in [2.45, 2.75) is 45.4 Å². The molecule has 0 bridgehead atoms. The number of carbonyl (C=O) groups is 2. The second kappa shape index (κ2) is 6.19. The first kappa shape index (κ1) is 14.1. The second-order valence-corrected chi connectivity index (χ2v) is 5.77. The van der Waals surface area contributed by atoms with E-state index >= 15 is 0 Å². The molecule has 1 aliphatic carbocycles. The molecule has 0 atom stereocenters. The van der Waals surface area contributed by atoms with Crippen molar-refractivity contribution in [3.63, 3.8) is 0 Å². The van der Waals surface area contributed by atoms with E-state index in [4.69, 9.17) is 4.74 Å². The van der Waals surface area contributed by atoms with Gasteiger partial charge in [0.1, 0.15) is 5.00 Å². The number of rotatable bonds is 3. The van der Waals surface area contributed by atoms with E-state index in [1.165, 1.54) is 29.7 Å². The van der Waals surface area contributed by atoms with Crippen molar-refractivity contribution in [1.82, 2.24) is 0 Å². The molecule has 1 heterocycles. The first-order chi connectivity index (χ1) is 9.17. The Kier molecular flexibility index (Phi) is 4.58. The summed E-state index contributed by atoms with van der Waals surface area (Å²) in [6, 6.07) is 0. The molecule has 0 aromatic carbocycles. The lowest BCUT2D eigenvalue weighted by Gasteiger charge is -2.06. The summed E-state index contributed by atoms with van der Waals surface area (Å²) in [5, 5.41) is 3.49. The molecule has 1 amide bonds. The molecule has 0 saturated heterocycles. The second-order valence-electron chi connectivity index (χ2n) is 4.66. The molecule has 104 valence electrons. The van der Waals surface area contributed by atoms with E-state index in [1.54, 1.807) is 6.92 Å². The number of nitrogens with one attached hydrogen (secondary N) is 1. The largest absolute Gasteiger partial charge is 0.465 e. The first-order valence-electron chi connectivity index (χ1n) is 6.70. The molecule has 0 aliphatic heterocycles. The van der Waals surface area contributed by atoms with E-state index in [1.807, 2.05) is 0 Å². The summed E-state index contributed by atoms with van der Waals surface area (Å²) in [6.45, 7) is 1.80. The summed E-state index contributed by atoms with van der Waals surface area (Å²) in [5.41, 5.74) is 1.66. The van der Waals surface area contributed by atoms with Gasteiger partial charge in [-0.1, -0.05) is 13.3 Å². The molecule has 5 heteroatoms. The minimum absolute atomic E-state index is 0.0680. The van der Waals surface area contributed by atoms with Gasteiger partial charge in [0.25, 0.3) is 0 Å². The fourth-order valence-electron chi connectivity index (χ4n) is 2.36. The number of esters is 1. The highest BCUT2D eigenvalue weighted by atomic mass is 32.1. The van der Waals surface area contributed by atoms with Gasteiger partial charge < -0.3 is 10.1 Å². The lowest BCUT2D eigenvalue weighted by Crippen LogP contribution is -2.13. The SMILES string of the molecule is CCC(=O)Nc1sc2c(c1C(=O)OC)CCCCC2. The fraction of sp³-hybridized carbons (Fsp3) is 0.571. The fourth-order valence-corrected chi connectivity index (χ4v) is 3.66. The molecule has 0 unspecified atom stereocenters. The van der Waals surface area contributed by atoms with Gasteiger partial charge in [0, 0.05) is 11.3 Å². The summed E-state index contributed by atoms with van der Waals surface area (Å²) in [5.74, 6) is -0.410. The van der Waals surface area contributed by atoms with Crippen LogP contribution in [0.2, 0.25) is 0 Å². The monoisotopic (exact) mass is 281 g/mol. The number of hydrogen-bond acceptors (Lipinski definition) is 4. The van der Waals surface area contributed by atoms with Crippen molar-refractivity contribution in [2.75, 3.05) is 12.4 Å². The minimum Gasteiger partial charge on any atom is -0.465 e.